The molecule has 0 amide bonds. The first-order valence-electron chi connectivity index (χ1n) is 6.26. The molecule has 1 aromatic carbocycles. The van der Waals surface area contributed by atoms with Crippen LogP contribution in [-0.2, 0) is 16.1 Å². The van der Waals surface area contributed by atoms with Crippen molar-refractivity contribution in [1.82, 2.24) is 4.90 Å². The number of rotatable bonds is 5. The van der Waals surface area contributed by atoms with Gasteiger partial charge in [0.15, 0.2) is 0 Å². The lowest BCUT2D eigenvalue weighted by Crippen LogP contribution is -2.22. The largest absolute Gasteiger partial charge is 0.469 e. The molecule has 0 saturated carbocycles. The Morgan fingerprint density at radius 3 is 2.50 bits per heavy atom. The molecule has 0 aliphatic carbocycles. The van der Waals surface area contributed by atoms with E-state index >= 15 is 0 Å². The van der Waals surface area contributed by atoms with E-state index in [1.807, 2.05) is 7.05 Å². The van der Waals surface area contributed by atoms with E-state index in [-0.39, 0.29) is 5.97 Å². The van der Waals surface area contributed by atoms with Gasteiger partial charge in [-0.3, -0.25) is 4.79 Å². The molecule has 0 unspecified atom stereocenters. The van der Waals surface area contributed by atoms with E-state index in [9.17, 15) is 4.79 Å². The molecular weight excluding hydrogens is 226 g/mol. The zero-order valence-electron chi connectivity index (χ0n) is 12.0. The molecule has 0 fully saturated rings. The Balaban J connectivity index is 2.62. The monoisotopic (exact) mass is 249 g/mol. The lowest BCUT2D eigenvalue weighted by molar-refractivity contribution is -0.140. The fourth-order valence-corrected chi connectivity index (χ4v) is 1.94. The molecule has 3 nitrogen and oxygen atoms in total. The van der Waals surface area contributed by atoms with Gasteiger partial charge in [0.2, 0.25) is 0 Å². The highest BCUT2D eigenvalue weighted by atomic mass is 16.5. The number of hydrogen-bond acceptors (Lipinski definition) is 3. The molecule has 0 heterocycles. The van der Waals surface area contributed by atoms with Crippen LogP contribution in [0.15, 0.2) is 12.1 Å². The maximum atomic E-state index is 11.1. The van der Waals surface area contributed by atoms with Gasteiger partial charge in [-0.05, 0) is 50.1 Å². The van der Waals surface area contributed by atoms with Crippen LogP contribution in [0.1, 0.15) is 28.7 Å². The lowest BCUT2D eigenvalue weighted by Gasteiger charge is -2.19. The normalized spacial score (nSPS) is 10.8. The molecule has 0 saturated heterocycles. The van der Waals surface area contributed by atoms with E-state index in [0.29, 0.717) is 6.42 Å². The average molecular weight is 249 g/mol. The van der Waals surface area contributed by atoms with Crippen LogP contribution in [0.4, 0.5) is 0 Å². The van der Waals surface area contributed by atoms with Crippen LogP contribution < -0.4 is 0 Å². The number of carbonyl (C=O) groups is 1. The first-order chi connectivity index (χ1) is 8.45. The predicted molar refractivity (Wildman–Crippen MR) is 73.6 cm³/mol. The van der Waals surface area contributed by atoms with Crippen molar-refractivity contribution in [1.29, 1.82) is 0 Å². The minimum atomic E-state index is -0.154. The van der Waals surface area contributed by atoms with Gasteiger partial charge in [0.1, 0.15) is 0 Å². The Hall–Kier alpha value is -1.35. The quantitative estimate of drug-likeness (QED) is 0.751. The summed E-state index contributed by atoms with van der Waals surface area (Å²) in [5, 5.41) is 0. The van der Waals surface area contributed by atoms with E-state index in [4.69, 9.17) is 0 Å². The van der Waals surface area contributed by atoms with E-state index in [1.165, 1.54) is 29.4 Å². The Bertz CT molecular complexity index is 427. The molecule has 100 valence electrons. The summed E-state index contributed by atoms with van der Waals surface area (Å²) in [5.41, 5.74) is 5.35. The zero-order valence-corrected chi connectivity index (χ0v) is 12.0. The van der Waals surface area contributed by atoms with Crippen LogP contribution >= 0.6 is 0 Å². The number of esters is 1. The number of ether oxygens (including phenoxy) is 1. The van der Waals surface area contributed by atoms with Gasteiger partial charge in [0.25, 0.3) is 0 Å². The zero-order chi connectivity index (χ0) is 13.7. The first kappa shape index (κ1) is 14.7. The molecule has 3 heteroatoms. The number of nitrogens with zero attached hydrogens (tertiary/aromatic N) is 1. The molecule has 18 heavy (non-hydrogen) atoms. The maximum absolute atomic E-state index is 11.1. The molecule has 0 bridgehead atoms. The second-order valence-corrected chi connectivity index (χ2v) is 4.86. The second-order valence-electron chi connectivity index (χ2n) is 4.86. The first-order valence-corrected chi connectivity index (χ1v) is 6.26. The maximum Gasteiger partial charge on any atom is 0.306 e. The fourth-order valence-electron chi connectivity index (χ4n) is 1.94. The Labute approximate surface area is 110 Å². The minimum Gasteiger partial charge on any atom is -0.469 e. The minimum absolute atomic E-state index is 0.154. The number of aryl methyl sites for hydroxylation is 1. The van der Waals surface area contributed by atoms with Crippen molar-refractivity contribution in [3.8, 4) is 0 Å². The SMILES string of the molecule is COC(=O)CCN(C)Cc1ccc(C)c(C)c1C. The van der Waals surface area contributed by atoms with Gasteiger partial charge in [-0.15, -0.1) is 0 Å². The number of hydrogen-bond donors (Lipinski definition) is 0. The number of carbonyl (C=O) groups excluding carboxylic acids is 1. The number of benzene rings is 1. The Morgan fingerprint density at radius 1 is 1.22 bits per heavy atom. The standard InChI is InChI=1S/C15H23NO2/c1-11-6-7-14(13(3)12(11)2)10-16(4)9-8-15(17)18-5/h6-7H,8-10H2,1-5H3. The summed E-state index contributed by atoms with van der Waals surface area (Å²) in [6.07, 6.45) is 0.441. The Kier molecular flexibility index (Phi) is 5.35. The highest BCUT2D eigenvalue weighted by molar-refractivity contribution is 5.69. The molecule has 0 aliphatic heterocycles. The highest BCUT2D eigenvalue weighted by Crippen LogP contribution is 2.18. The van der Waals surface area contributed by atoms with Gasteiger partial charge in [-0.1, -0.05) is 12.1 Å². The lowest BCUT2D eigenvalue weighted by atomic mass is 9.98. The molecule has 0 atom stereocenters. The van der Waals surface area contributed by atoms with Crippen LogP contribution in [0.2, 0.25) is 0 Å². The summed E-state index contributed by atoms with van der Waals surface area (Å²) in [5.74, 6) is -0.154. The third kappa shape index (κ3) is 3.84. The highest BCUT2D eigenvalue weighted by Gasteiger charge is 2.08. The molecule has 1 aromatic rings. The summed E-state index contributed by atoms with van der Waals surface area (Å²) in [6, 6.07) is 4.33. The van der Waals surface area contributed by atoms with Gasteiger partial charge in [-0.25, -0.2) is 0 Å². The average Bonchev–Trinajstić information content (AvgIpc) is 2.36. The van der Waals surface area contributed by atoms with Crippen molar-refractivity contribution in [2.24, 2.45) is 0 Å². The van der Waals surface area contributed by atoms with Crippen molar-refractivity contribution < 1.29 is 9.53 Å². The second kappa shape index (κ2) is 6.55. The van der Waals surface area contributed by atoms with E-state index < -0.39 is 0 Å². The van der Waals surface area contributed by atoms with Gasteiger partial charge < -0.3 is 9.64 Å². The van der Waals surface area contributed by atoms with Crippen molar-refractivity contribution >= 4 is 5.97 Å². The third-order valence-corrected chi connectivity index (χ3v) is 3.54. The summed E-state index contributed by atoms with van der Waals surface area (Å²) in [7, 11) is 3.45. The molecule has 0 aliphatic rings. The van der Waals surface area contributed by atoms with Crippen LogP contribution in [0.3, 0.4) is 0 Å². The van der Waals surface area contributed by atoms with Gasteiger partial charge in [-0.2, -0.15) is 0 Å². The van der Waals surface area contributed by atoms with E-state index in [1.54, 1.807) is 0 Å². The summed E-state index contributed by atoms with van der Waals surface area (Å²) in [4.78, 5) is 13.2. The van der Waals surface area contributed by atoms with Crippen molar-refractivity contribution in [2.75, 3.05) is 20.7 Å². The van der Waals surface area contributed by atoms with Gasteiger partial charge in [0, 0.05) is 13.1 Å². The molecule has 1 rings (SSSR count). The van der Waals surface area contributed by atoms with Crippen LogP contribution in [0.25, 0.3) is 0 Å². The molecule has 0 radical (unpaired) electrons. The predicted octanol–water partition coefficient (Wildman–Crippen LogP) is 2.61. The summed E-state index contributed by atoms with van der Waals surface area (Å²) in [6.45, 7) is 8.03. The fraction of sp³-hybridized carbons (Fsp3) is 0.533. The van der Waals surface area contributed by atoms with Crippen molar-refractivity contribution in [3.63, 3.8) is 0 Å². The third-order valence-electron chi connectivity index (χ3n) is 3.54. The molecule has 0 spiro atoms. The van der Waals surface area contributed by atoms with Crippen molar-refractivity contribution in [2.45, 2.75) is 33.7 Å². The summed E-state index contributed by atoms with van der Waals surface area (Å²) >= 11 is 0. The topological polar surface area (TPSA) is 29.5 Å². The van der Waals surface area contributed by atoms with Crippen LogP contribution in [-0.4, -0.2) is 31.6 Å². The van der Waals surface area contributed by atoms with Gasteiger partial charge >= 0.3 is 5.97 Å². The van der Waals surface area contributed by atoms with E-state index in [0.717, 1.165) is 13.1 Å². The van der Waals surface area contributed by atoms with Crippen molar-refractivity contribution in [3.05, 3.63) is 34.4 Å². The summed E-state index contributed by atoms with van der Waals surface area (Å²) < 4.78 is 4.64. The molecule has 0 aromatic heterocycles. The number of methoxy groups -OCH3 is 1. The van der Waals surface area contributed by atoms with E-state index in [2.05, 4.69) is 42.5 Å². The van der Waals surface area contributed by atoms with Gasteiger partial charge in [0.05, 0.1) is 13.5 Å². The van der Waals surface area contributed by atoms with Crippen LogP contribution in [0, 0.1) is 20.8 Å². The van der Waals surface area contributed by atoms with Crippen LogP contribution in [0.5, 0.6) is 0 Å². The smallest absolute Gasteiger partial charge is 0.306 e. The molecular formula is C15H23NO2. The Morgan fingerprint density at radius 2 is 1.89 bits per heavy atom. The molecule has 0 N–H and O–H groups in total.